The van der Waals surface area contributed by atoms with E-state index < -0.39 is 29.7 Å². The normalized spacial score (nSPS) is 16.9. The van der Waals surface area contributed by atoms with Crippen molar-refractivity contribution in [3.8, 4) is 11.5 Å². The molecule has 156 valence electrons. The summed E-state index contributed by atoms with van der Waals surface area (Å²) in [7, 11) is 4.24. The Bertz CT molecular complexity index is 1020. The lowest BCUT2D eigenvalue weighted by Gasteiger charge is -2.31. The molecular weight excluding hydrogens is 388 g/mol. The molecule has 2 aromatic rings. The third-order valence-corrected chi connectivity index (χ3v) is 4.84. The number of amides is 2. The van der Waals surface area contributed by atoms with E-state index in [2.05, 4.69) is 9.73 Å². The molecule has 0 aliphatic carbocycles. The van der Waals surface area contributed by atoms with Gasteiger partial charge in [0.1, 0.15) is 6.04 Å². The van der Waals surface area contributed by atoms with Crippen molar-refractivity contribution in [3.63, 3.8) is 0 Å². The van der Waals surface area contributed by atoms with Gasteiger partial charge in [-0.2, -0.15) is 0 Å². The van der Waals surface area contributed by atoms with Crippen molar-refractivity contribution in [3.05, 3.63) is 53.6 Å². The van der Waals surface area contributed by atoms with Gasteiger partial charge in [0.25, 0.3) is 5.91 Å². The second-order valence-corrected chi connectivity index (χ2v) is 6.58. The predicted molar refractivity (Wildman–Crippen MR) is 111 cm³/mol. The quantitative estimate of drug-likeness (QED) is 0.413. The zero-order chi connectivity index (χ0) is 21.8. The summed E-state index contributed by atoms with van der Waals surface area (Å²) in [6, 6.07) is 10.9. The molecule has 2 atom stereocenters. The van der Waals surface area contributed by atoms with Crippen molar-refractivity contribution in [1.29, 1.82) is 0 Å². The molecule has 3 rings (SSSR count). The van der Waals surface area contributed by atoms with Crippen LogP contribution in [0.15, 0.2) is 47.5 Å². The number of aliphatic imine (C=N–C) groups is 1. The summed E-state index contributed by atoms with van der Waals surface area (Å²) in [6.07, 6.45) is 1.39. The topological polar surface area (TPSA) is 94.5 Å². The van der Waals surface area contributed by atoms with Crippen molar-refractivity contribution in [2.75, 3.05) is 26.2 Å². The highest BCUT2D eigenvalue weighted by atomic mass is 16.5. The fourth-order valence-corrected chi connectivity index (χ4v) is 3.25. The average molecular weight is 410 g/mol. The van der Waals surface area contributed by atoms with E-state index in [-0.39, 0.29) is 0 Å². The Morgan fingerprint density at radius 2 is 1.77 bits per heavy atom. The smallest absolute Gasteiger partial charge is 0.330 e. The number of carbonyl (C=O) groups is 3. The largest absolute Gasteiger partial charge is 0.493 e. The molecule has 0 saturated carbocycles. The number of imide groups is 1. The van der Waals surface area contributed by atoms with Crippen LogP contribution in [-0.2, 0) is 14.3 Å². The van der Waals surface area contributed by atoms with Crippen LogP contribution in [0.25, 0.3) is 0 Å². The lowest BCUT2D eigenvalue weighted by molar-refractivity contribution is -0.141. The van der Waals surface area contributed by atoms with Crippen LogP contribution in [0.3, 0.4) is 0 Å². The first-order chi connectivity index (χ1) is 14.4. The number of rotatable bonds is 6. The fourth-order valence-electron chi connectivity index (χ4n) is 3.25. The molecule has 0 radical (unpaired) electrons. The number of ether oxygens (including phenoxy) is 3. The van der Waals surface area contributed by atoms with Gasteiger partial charge < -0.3 is 14.2 Å². The maximum atomic E-state index is 13.3. The molecule has 2 amide bonds. The standard InChI is InChI=1S/C22H22N2O6/c1-13(22(27)30-4)23-12-17-15-7-5-6-8-16(15)20(25)24(21(17)26)14-9-10-18(28-2)19(11-14)29-3/h5-13,17H,1-4H3/t13-,17?/m0/s1. The van der Waals surface area contributed by atoms with E-state index >= 15 is 0 Å². The number of hydrogen-bond acceptors (Lipinski definition) is 7. The molecule has 0 saturated heterocycles. The molecule has 1 unspecified atom stereocenters. The van der Waals surface area contributed by atoms with Gasteiger partial charge >= 0.3 is 5.97 Å². The van der Waals surface area contributed by atoms with E-state index in [1.165, 1.54) is 27.5 Å². The second kappa shape index (κ2) is 8.77. The summed E-state index contributed by atoms with van der Waals surface area (Å²) in [5, 5.41) is 0. The first kappa shape index (κ1) is 21.0. The highest BCUT2D eigenvalue weighted by Crippen LogP contribution is 2.36. The molecule has 8 heteroatoms. The Balaban J connectivity index is 2.07. The number of fused-ring (bicyclic) bond motifs is 1. The minimum absolute atomic E-state index is 0.344. The van der Waals surface area contributed by atoms with E-state index in [1.54, 1.807) is 49.4 Å². The van der Waals surface area contributed by atoms with Crippen molar-refractivity contribution in [2.24, 2.45) is 4.99 Å². The zero-order valence-corrected chi connectivity index (χ0v) is 17.1. The monoisotopic (exact) mass is 410 g/mol. The van der Waals surface area contributed by atoms with Crippen LogP contribution in [0.1, 0.15) is 28.8 Å². The van der Waals surface area contributed by atoms with Crippen molar-refractivity contribution in [1.82, 2.24) is 0 Å². The first-order valence-electron chi connectivity index (χ1n) is 9.23. The van der Waals surface area contributed by atoms with Gasteiger partial charge in [0.2, 0.25) is 5.91 Å². The number of methoxy groups -OCH3 is 3. The van der Waals surface area contributed by atoms with E-state index in [9.17, 15) is 14.4 Å². The Morgan fingerprint density at radius 3 is 2.43 bits per heavy atom. The van der Waals surface area contributed by atoms with E-state index in [0.717, 1.165) is 4.90 Å². The van der Waals surface area contributed by atoms with Gasteiger partial charge in [-0.3, -0.25) is 14.6 Å². The average Bonchev–Trinajstić information content (AvgIpc) is 2.78. The summed E-state index contributed by atoms with van der Waals surface area (Å²) in [5.74, 6) is -1.42. The van der Waals surface area contributed by atoms with Crippen LogP contribution < -0.4 is 14.4 Å². The SMILES string of the molecule is COC(=O)[C@H](C)N=CC1C(=O)N(c2ccc(OC)c(OC)c2)C(=O)c2ccccc21. The maximum Gasteiger partial charge on any atom is 0.330 e. The van der Waals surface area contributed by atoms with Crippen molar-refractivity contribution < 1.29 is 28.6 Å². The summed E-state index contributed by atoms with van der Waals surface area (Å²) in [6.45, 7) is 1.57. The van der Waals surface area contributed by atoms with Gasteiger partial charge in [0, 0.05) is 17.8 Å². The Kier molecular flexibility index (Phi) is 6.15. The summed E-state index contributed by atoms with van der Waals surface area (Å²) >= 11 is 0. The molecule has 2 aromatic carbocycles. The molecule has 0 spiro atoms. The number of benzene rings is 2. The Labute approximate surface area is 174 Å². The van der Waals surface area contributed by atoms with Crippen LogP contribution in [-0.4, -0.2) is 51.4 Å². The van der Waals surface area contributed by atoms with Crippen molar-refractivity contribution in [2.45, 2.75) is 18.9 Å². The van der Waals surface area contributed by atoms with E-state index in [4.69, 9.17) is 9.47 Å². The molecule has 0 bridgehead atoms. The number of esters is 1. The maximum absolute atomic E-state index is 13.3. The van der Waals surface area contributed by atoms with Gasteiger partial charge in [-0.1, -0.05) is 18.2 Å². The molecule has 0 N–H and O–H groups in total. The predicted octanol–water partition coefficient (Wildman–Crippen LogP) is 2.61. The number of nitrogens with zero attached hydrogens (tertiary/aromatic N) is 2. The van der Waals surface area contributed by atoms with Gasteiger partial charge in [0.05, 0.1) is 32.9 Å². The summed E-state index contributed by atoms with van der Waals surface area (Å²) < 4.78 is 15.2. The second-order valence-electron chi connectivity index (χ2n) is 6.58. The first-order valence-corrected chi connectivity index (χ1v) is 9.23. The molecule has 8 nitrogen and oxygen atoms in total. The van der Waals surface area contributed by atoms with Gasteiger partial charge in [-0.25, -0.2) is 9.69 Å². The third kappa shape index (κ3) is 3.76. The zero-order valence-electron chi connectivity index (χ0n) is 17.1. The molecular formula is C22H22N2O6. The molecule has 30 heavy (non-hydrogen) atoms. The highest BCUT2D eigenvalue weighted by molar-refractivity contribution is 6.29. The number of hydrogen-bond donors (Lipinski definition) is 0. The minimum Gasteiger partial charge on any atom is -0.493 e. The van der Waals surface area contributed by atoms with E-state index in [1.807, 2.05) is 0 Å². The number of carbonyl (C=O) groups excluding carboxylic acids is 3. The summed E-state index contributed by atoms with van der Waals surface area (Å²) in [4.78, 5) is 43.4. The molecule has 1 aliphatic heterocycles. The molecule has 1 heterocycles. The molecule has 0 aromatic heterocycles. The fraction of sp³-hybridized carbons (Fsp3) is 0.273. The van der Waals surface area contributed by atoms with Crippen LogP contribution in [0.4, 0.5) is 5.69 Å². The lowest BCUT2D eigenvalue weighted by Crippen LogP contribution is -2.45. The van der Waals surface area contributed by atoms with Crippen LogP contribution in [0, 0.1) is 0 Å². The molecule has 0 fully saturated rings. The van der Waals surface area contributed by atoms with Gasteiger partial charge in [-0.15, -0.1) is 0 Å². The minimum atomic E-state index is -0.834. The van der Waals surface area contributed by atoms with Crippen LogP contribution >= 0.6 is 0 Å². The Morgan fingerprint density at radius 1 is 1.07 bits per heavy atom. The van der Waals surface area contributed by atoms with E-state index in [0.29, 0.717) is 28.3 Å². The Hall–Kier alpha value is -3.68. The van der Waals surface area contributed by atoms with Crippen LogP contribution in [0.5, 0.6) is 11.5 Å². The molecule has 1 aliphatic rings. The third-order valence-electron chi connectivity index (χ3n) is 4.84. The van der Waals surface area contributed by atoms with Crippen LogP contribution in [0.2, 0.25) is 0 Å². The van der Waals surface area contributed by atoms with Gasteiger partial charge in [-0.05, 0) is 30.7 Å². The highest BCUT2D eigenvalue weighted by Gasteiger charge is 2.39. The van der Waals surface area contributed by atoms with Crippen molar-refractivity contribution >= 4 is 29.7 Å². The number of anilines is 1. The summed E-state index contributed by atoms with van der Waals surface area (Å²) in [5.41, 5.74) is 1.26. The lowest BCUT2D eigenvalue weighted by atomic mass is 9.88. The van der Waals surface area contributed by atoms with Gasteiger partial charge in [0.15, 0.2) is 11.5 Å².